The van der Waals surface area contributed by atoms with Crippen LogP contribution in [0.5, 0.6) is 0 Å². The van der Waals surface area contributed by atoms with Gasteiger partial charge in [0.25, 0.3) is 0 Å². The van der Waals surface area contributed by atoms with Crippen LogP contribution in [0.4, 0.5) is 0 Å². The third-order valence-electron chi connectivity index (χ3n) is 1.38. The lowest BCUT2D eigenvalue weighted by Crippen LogP contribution is -2.19. The van der Waals surface area contributed by atoms with E-state index in [9.17, 15) is 4.79 Å². The average molecular weight is 244 g/mol. The minimum absolute atomic E-state index is 0.00667. The summed E-state index contributed by atoms with van der Waals surface area (Å²) in [5.41, 5.74) is 0. The van der Waals surface area contributed by atoms with E-state index >= 15 is 0 Å². The average Bonchev–Trinajstić information content (AvgIpc) is 2.27. The molecule has 2 unspecified atom stereocenters. The molecular weight excluding hydrogens is 228 g/mol. The second-order valence-electron chi connectivity index (χ2n) is 3.20. The first-order chi connectivity index (χ1) is 7.88. The number of rotatable bonds is 5. The van der Waals surface area contributed by atoms with E-state index in [-0.39, 0.29) is 12.7 Å². The zero-order chi connectivity index (χ0) is 13.8. The molecule has 96 valence electrons. The zero-order valence-electron chi connectivity index (χ0n) is 9.70. The number of hydrogen-bond donors (Lipinski definition) is 3. The number of aliphatic hydroxyl groups excluding tert-OH is 2. The van der Waals surface area contributed by atoms with Gasteiger partial charge in [0.05, 0.1) is 37.6 Å². The first-order valence-electron chi connectivity index (χ1n) is 4.81. The molecule has 0 saturated carbocycles. The van der Waals surface area contributed by atoms with Gasteiger partial charge in [-0.1, -0.05) is 0 Å². The molecule has 0 saturated heterocycles. The lowest BCUT2D eigenvalue weighted by molar-refractivity contribution is -0.138. The Morgan fingerprint density at radius 3 is 2.00 bits per heavy atom. The number of aliphatic hydroxyl groups is 2. The lowest BCUT2D eigenvalue weighted by Gasteiger charge is -2.10. The maximum atomic E-state index is 9.72. The molecular formula is C10H16N2O5. The summed E-state index contributed by atoms with van der Waals surface area (Å²) in [6.07, 6.45) is -0.612. The van der Waals surface area contributed by atoms with E-state index in [1.807, 2.05) is 0 Å². The Balaban J connectivity index is 0. The summed E-state index contributed by atoms with van der Waals surface area (Å²) in [6, 6.07) is 2.58. The van der Waals surface area contributed by atoms with Crippen LogP contribution in [0, 0.1) is 28.6 Å². The van der Waals surface area contributed by atoms with Crippen LogP contribution in [-0.2, 0) is 9.53 Å². The molecule has 0 aromatic rings. The van der Waals surface area contributed by atoms with Gasteiger partial charge < -0.3 is 20.1 Å². The van der Waals surface area contributed by atoms with Crippen molar-refractivity contribution in [3.63, 3.8) is 0 Å². The van der Waals surface area contributed by atoms with Crippen molar-refractivity contribution in [2.24, 2.45) is 5.92 Å². The van der Waals surface area contributed by atoms with Crippen LogP contribution in [0.25, 0.3) is 0 Å². The van der Waals surface area contributed by atoms with Crippen LogP contribution in [0.3, 0.4) is 0 Å². The molecule has 2 atom stereocenters. The van der Waals surface area contributed by atoms with Gasteiger partial charge in [-0.15, -0.1) is 0 Å². The maximum absolute atomic E-state index is 9.72. The Hall–Kier alpha value is -1.67. The number of aliphatic carboxylic acids is 1. The molecule has 0 aromatic carbocycles. The van der Waals surface area contributed by atoms with Gasteiger partial charge in [0.15, 0.2) is 0 Å². The summed E-state index contributed by atoms with van der Waals surface area (Å²) in [7, 11) is 0. The first kappa shape index (κ1) is 17.7. The van der Waals surface area contributed by atoms with Gasteiger partial charge in [0, 0.05) is 0 Å². The highest BCUT2D eigenvalue weighted by Gasteiger charge is 2.13. The summed E-state index contributed by atoms with van der Waals surface area (Å²) in [5, 5.41) is 40.7. The fourth-order valence-corrected chi connectivity index (χ4v) is 0.496. The van der Waals surface area contributed by atoms with E-state index in [2.05, 4.69) is 0 Å². The Bertz CT molecular complexity index is 278. The molecule has 0 fully saturated rings. The molecule has 7 heteroatoms. The number of ether oxygens (including phenoxy) is 1. The second kappa shape index (κ2) is 10.8. The van der Waals surface area contributed by atoms with Crippen LogP contribution >= 0.6 is 0 Å². The first-order valence-corrected chi connectivity index (χ1v) is 4.81. The molecule has 3 N–H and O–H groups in total. The molecule has 0 amide bonds. The van der Waals surface area contributed by atoms with Gasteiger partial charge in [-0.2, -0.15) is 10.5 Å². The van der Waals surface area contributed by atoms with E-state index in [0.717, 1.165) is 0 Å². The molecule has 0 spiro atoms. The summed E-state index contributed by atoms with van der Waals surface area (Å²) in [4.78, 5) is 9.72. The van der Waals surface area contributed by atoms with Crippen molar-refractivity contribution >= 4 is 5.97 Å². The van der Waals surface area contributed by atoms with E-state index in [1.165, 1.54) is 12.1 Å². The summed E-state index contributed by atoms with van der Waals surface area (Å²) in [6.45, 7) is 3.70. The predicted octanol–water partition coefficient (Wildman–Crippen LogP) is -0.501. The summed E-state index contributed by atoms with van der Waals surface area (Å²) in [5.74, 6) is -2.91. The Morgan fingerprint density at radius 1 is 1.35 bits per heavy atom. The molecule has 0 aliphatic rings. The molecule has 0 aromatic heterocycles. The number of hydrogen-bond acceptors (Lipinski definition) is 6. The topological polar surface area (TPSA) is 135 Å². The van der Waals surface area contributed by atoms with Gasteiger partial charge in [-0.25, -0.2) is 4.79 Å². The molecule has 0 aliphatic carbocycles. The highest BCUT2D eigenvalue weighted by atomic mass is 16.5. The molecule has 0 radical (unpaired) electrons. The second-order valence-corrected chi connectivity index (χ2v) is 3.20. The van der Waals surface area contributed by atoms with Crippen molar-refractivity contribution in [2.75, 3.05) is 13.2 Å². The molecule has 0 heterocycles. The van der Waals surface area contributed by atoms with Gasteiger partial charge in [0.1, 0.15) is 0 Å². The monoisotopic (exact) mass is 244 g/mol. The molecule has 7 nitrogen and oxygen atoms in total. The number of nitriles is 2. The minimum atomic E-state index is -1.52. The molecule has 0 rings (SSSR count). The van der Waals surface area contributed by atoms with Crippen LogP contribution in [0.15, 0.2) is 0 Å². The van der Waals surface area contributed by atoms with Gasteiger partial charge in [-0.3, -0.25) is 0 Å². The molecule has 17 heavy (non-hydrogen) atoms. The fourth-order valence-electron chi connectivity index (χ4n) is 0.496. The van der Waals surface area contributed by atoms with Crippen molar-refractivity contribution in [3.05, 3.63) is 0 Å². The highest BCUT2D eigenvalue weighted by Crippen LogP contribution is 1.90. The SMILES string of the molecule is CC(O)COC(C)CO.N#CC(C#N)C(=O)O. The quantitative estimate of drug-likeness (QED) is 0.593. The third kappa shape index (κ3) is 12.3. The van der Waals surface area contributed by atoms with Crippen LogP contribution in [-0.4, -0.2) is 46.7 Å². The summed E-state index contributed by atoms with van der Waals surface area (Å²) < 4.78 is 4.95. The minimum Gasteiger partial charge on any atom is -0.479 e. The summed E-state index contributed by atoms with van der Waals surface area (Å²) >= 11 is 0. The largest absolute Gasteiger partial charge is 0.479 e. The van der Waals surface area contributed by atoms with E-state index in [1.54, 1.807) is 13.8 Å². The fraction of sp³-hybridized carbons (Fsp3) is 0.700. The van der Waals surface area contributed by atoms with Gasteiger partial charge in [0.2, 0.25) is 5.92 Å². The van der Waals surface area contributed by atoms with Crippen molar-refractivity contribution in [3.8, 4) is 12.1 Å². The number of carbonyl (C=O) groups is 1. The van der Waals surface area contributed by atoms with Gasteiger partial charge >= 0.3 is 5.97 Å². The molecule has 0 aliphatic heterocycles. The van der Waals surface area contributed by atoms with Crippen LogP contribution < -0.4 is 0 Å². The van der Waals surface area contributed by atoms with Crippen molar-refractivity contribution < 1.29 is 24.9 Å². The van der Waals surface area contributed by atoms with Crippen molar-refractivity contribution in [1.82, 2.24) is 0 Å². The van der Waals surface area contributed by atoms with Gasteiger partial charge in [-0.05, 0) is 13.8 Å². The maximum Gasteiger partial charge on any atom is 0.335 e. The smallest absolute Gasteiger partial charge is 0.335 e. The van der Waals surface area contributed by atoms with Crippen LogP contribution in [0.1, 0.15) is 13.8 Å². The zero-order valence-corrected chi connectivity index (χ0v) is 9.70. The predicted molar refractivity (Wildman–Crippen MR) is 56.5 cm³/mol. The normalized spacial score (nSPS) is 12.6. The Labute approximate surface area is 99.5 Å². The molecule has 0 bridgehead atoms. The van der Waals surface area contributed by atoms with Crippen LogP contribution in [0.2, 0.25) is 0 Å². The third-order valence-corrected chi connectivity index (χ3v) is 1.38. The van der Waals surface area contributed by atoms with E-state index in [4.69, 9.17) is 30.6 Å². The van der Waals surface area contributed by atoms with Crippen molar-refractivity contribution in [1.29, 1.82) is 10.5 Å². The van der Waals surface area contributed by atoms with E-state index < -0.39 is 18.0 Å². The number of nitrogens with zero attached hydrogens (tertiary/aromatic N) is 2. The Kier molecular flexibility index (Phi) is 11.3. The Morgan fingerprint density at radius 2 is 1.82 bits per heavy atom. The van der Waals surface area contributed by atoms with Crippen molar-refractivity contribution in [2.45, 2.75) is 26.1 Å². The lowest BCUT2D eigenvalue weighted by atomic mass is 10.2. The number of carboxylic acid groups (broad SMARTS) is 1. The standard InChI is InChI=1S/C6H14O3.C4H2N2O2/c1-5(8)4-9-6(2)3-7;5-1-3(2-6)4(7)8/h5-8H,3-4H2,1-2H3;3H,(H,7,8). The van der Waals surface area contributed by atoms with E-state index in [0.29, 0.717) is 6.61 Å². The highest BCUT2D eigenvalue weighted by molar-refractivity contribution is 5.75. The number of carboxylic acids is 1.